The van der Waals surface area contributed by atoms with Crippen LogP contribution in [0.5, 0.6) is 0 Å². The van der Waals surface area contributed by atoms with Gasteiger partial charge in [0.15, 0.2) is 6.10 Å². The summed E-state index contributed by atoms with van der Waals surface area (Å²) in [6.07, 6.45) is -6.95. The molecule has 0 saturated carbocycles. The lowest BCUT2D eigenvalue weighted by Gasteiger charge is -2.23. The van der Waals surface area contributed by atoms with Crippen molar-refractivity contribution in [3.8, 4) is 0 Å². The maximum Gasteiger partial charge on any atom is 0.416 e. The first-order chi connectivity index (χ1) is 8.59. The fourth-order valence-electron chi connectivity index (χ4n) is 1.28. The predicted octanol–water partition coefficient (Wildman–Crippen LogP) is 0.109. The first-order valence-corrected chi connectivity index (χ1v) is 5.68. The molecular weight excluding hydrogens is 267 g/mol. The number of alkyl halides is 3. The molecule has 3 atom stereocenters. The molecular formula is C10H18F3N3O3. The van der Waals surface area contributed by atoms with Crippen molar-refractivity contribution < 1.29 is 27.9 Å². The van der Waals surface area contributed by atoms with Crippen LogP contribution in [-0.4, -0.2) is 41.9 Å². The number of hydrogen-bond acceptors (Lipinski definition) is 3. The molecule has 0 heterocycles. The fraction of sp³-hybridized carbons (Fsp3) is 0.800. The second kappa shape index (κ2) is 7.17. The van der Waals surface area contributed by atoms with E-state index in [9.17, 15) is 22.8 Å². The van der Waals surface area contributed by atoms with E-state index < -0.39 is 36.8 Å². The van der Waals surface area contributed by atoms with Crippen LogP contribution in [0.3, 0.4) is 0 Å². The molecule has 0 spiro atoms. The lowest BCUT2D eigenvalue weighted by Crippen LogP contribution is -2.53. The van der Waals surface area contributed by atoms with Crippen LogP contribution in [0.1, 0.15) is 20.3 Å². The Kier molecular flexibility index (Phi) is 6.60. The summed E-state index contributed by atoms with van der Waals surface area (Å²) in [5, 5.41) is 12.8. The van der Waals surface area contributed by atoms with Crippen LogP contribution < -0.4 is 16.4 Å². The van der Waals surface area contributed by atoms with Crippen LogP contribution >= 0.6 is 0 Å². The summed E-state index contributed by atoms with van der Waals surface area (Å²) in [5.74, 6) is -1.13. The van der Waals surface area contributed by atoms with Crippen molar-refractivity contribution in [1.29, 1.82) is 0 Å². The summed E-state index contributed by atoms with van der Waals surface area (Å²) in [5.41, 5.74) is 4.89. The number of hydrogen-bond donors (Lipinski definition) is 4. The SMILES string of the molecule is CCC(C)C(NC(N)=O)C(=O)NCC(O)C(F)(F)F. The molecule has 112 valence electrons. The number of carbonyl (C=O) groups is 2. The van der Waals surface area contributed by atoms with Gasteiger partial charge in [-0.05, 0) is 5.92 Å². The first kappa shape index (κ1) is 17.5. The third kappa shape index (κ3) is 6.27. The number of aliphatic hydroxyl groups is 1. The second-order valence-corrected chi connectivity index (χ2v) is 4.17. The van der Waals surface area contributed by atoms with Crippen molar-refractivity contribution >= 4 is 11.9 Å². The molecule has 3 amide bonds. The van der Waals surface area contributed by atoms with Gasteiger partial charge in [-0.1, -0.05) is 20.3 Å². The van der Waals surface area contributed by atoms with Gasteiger partial charge in [-0.15, -0.1) is 0 Å². The smallest absolute Gasteiger partial charge is 0.382 e. The number of nitrogens with two attached hydrogens (primary N) is 1. The third-order valence-corrected chi connectivity index (χ3v) is 2.64. The lowest BCUT2D eigenvalue weighted by atomic mass is 9.98. The average Bonchev–Trinajstić information content (AvgIpc) is 2.30. The van der Waals surface area contributed by atoms with E-state index in [4.69, 9.17) is 10.8 Å². The van der Waals surface area contributed by atoms with Gasteiger partial charge in [0.05, 0.1) is 6.54 Å². The van der Waals surface area contributed by atoms with Crippen molar-refractivity contribution in [3.63, 3.8) is 0 Å². The summed E-state index contributed by atoms with van der Waals surface area (Å²) >= 11 is 0. The van der Waals surface area contributed by atoms with Crippen LogP contribution in [0.4, 0.5) is 18.0 Å². The summed E-state index contributed by atoms with van der Waals surface area (Å²) in [6.45, 7) is 2.41. The Morgan fingerprint density at radius 3 is 2.26 bits per heavy atom. The molecule has 0 aromatic carbocycles. The van der Waals surface area contributed by atoms with E-state index in [0.29, 0.717) is 6.42 Å². The summed E-state index contributed by atoms with van der Waals surface area (Å²) in [4.78, 5) is 22.4. The van der Waals surface area contributed by atoms with Gasteiger partial charge in [-0.2, -0.15) is 13.2 Å². The quantitative estimate of drug-likeness (QED) is 0.556. The average molecular weight is 285 g/mol. The minimum absolute atomic E-state index is 0.310. The predicted molar refractivity (Wildman–Crippen MR) is 61.0 cm³/mol. The van der Waals surface area contributed by atoms with Gasteiger partial charge in [-0.3, -0.25) is 4.79 Å². The largest absolute Gasteiger partial charge is 0.416 e. The Bertz CT molecular complexity index is 323. The third-order valence-electron chi connectivity index (χ3n) is 2.64. The van der Waals surface area contributed by atoms with Crippen LogP contribution in [0.2, 0.25) is 0 Å². The minimum Gasteiger partial charge on any atom is -0.382 e. The molecule has 0 saturated heterocycles. The number of amides is 3. The molecule has 0 aromatic heterocycles. The molecule has 0 aliphatic heterocycles. The number of nitrogens with one attached hydrogen (secondary N) is 2. The number of halogens is 3. The van der Waals surface area contributed by atoms with Gasteiger partial charge in [-0.25, -0.2) is 4.79 Å². The van der Waals surface area contributed by atoms with Gasteiger partial charge < -0.3 is 21.5 Å². The molecule has 0 bridgehead atoms. The highest BCUT2D eigenvalue weighted by atomic mass is 19.4. The number of primary amides is 1. The van der Waals surface area contributed by atoms with E-state index in [1.165, 1.54) is 0 Å². The lowest BCUT2D eigenvalue weighted by molar-refractivity contribution is -0.201. The molecule has 0 aliphatic carbocycles. The van der Waals surface area contributed by atoms with Crippen molar-refractivity contribution in [2.75, 3.05) is 6.54 Å². The van der Waals surface area contributed by atoms with E-state index in [-0.39, 0.29) is 5.92 Å². The Balaban J connectivity index is 4.53. The number of rotatable bonds is 6. The maximum absolute atomic E-state index is 12.0. The molecule has 9 heteroatoms. The molecule has 19 heavy (non-hydrogen) atoms. The summed E-state index contributed by atoms with van der Waals surface area (Å²) < 4.78 is 36.1. The normalized spacial score (nSPS) is 16.3. The molecule has 6 nitrogen and oxygen atoms in total. The zero-order valence-electron chi connectivity index (χ0n) is 10.6. The molecule has 5 N–H and O–H groups in total. The second-order valence-electron chi connectivity index (χ2n) is 4.17. The van der Waals surface area contributed by atoms with Crippen molar-refractivity contribution in [1.82, 2.24) is 10.6 Å². The Labute approximate surface area is 108 Å². The number of aliphatic hydroxyl groups excluding tert-OH is 1. The van der Waals surface area contributed by atoms with Crippen LogP contribution in [0, 0.1) is 5.92 Å². The fourth-order valence-corrected chi connectivity index (χ4v) is 1.28. The Hall–Kier alpha value is -1.51. The molecule has 0 rings (SSSR count). The van der Waals surface area contributed by atoms with E-state index in [0.717, 1.165) is 0 Å². The topological polar surface area (TPSA) is 104 Å². The van der Waals surface area contributed by atoms with Gasteiger partial charge in [0.1, 0.15) is 6.04 Å². The van der Waals surface area contributed by atoms with Crippen LogP contribution in [-0.2, 0) is 4.79 Å². The highest BCUT2D eigenvalue weighted by Gasteiger charge is 2.38. The van der Waals surface area contributed by atoms with E-state index in [2.05, 4.69) is 5.32 Å². The van der Waals surface area contributed by atoms with Crippen molar-refractivity contribution in [2.45, 2.75) is 38.6 Å². The zero-order valence-corrected chi connectivity index (χ0v) is 10.6. The van der Waals surface area contributed by atoms with Crippen molar-refractivity contribution in [3.05, 3.63) is 0 Å². The summed E-state index contributed by atoms with van der Waals surface area (Å²) in [6, 6.07) is -1.99. The molecule has 0 fully saturated rings. The zero-order chi connectivity index (χ0) is 15.2. The monoisotopic (exact) mass is 285 g/mol. The molecule has 0 aromatic rings. The number of urea groups is 1. The Morgan fingerprint density at radius 2 is 1.89 bits per heavy atom. The highest BCUT2D eigenvalue weighted by molar-refractivity contribution is 5.86. The van der Waals surface area contributed by atoms with Gasteiger partial charge in [0, 0.05) is 0 Å². The molecule has 0 radical (unpaired) electrons. The highest BCUT2D eigenvalue weighted by Crippen LogP contribution is 2.19. The van der Waals surface area contributed by atoms with E-state index >= 15 is 0 Å². The molecule has 0 aliphatic rings. The Morgan fingerprint density at radius 1 is 1.37 bits per heavy atom. The van der Waals surface area contributed by atoms with Crippen LogP contribution in [0.25, 0.3) is 0 Å². The standard InChI is InChI=1S/C10H18F3N3O3/c1-3-5(2)7(16-9(14)19)8(18)15-4-6(17)10(11,12)13/h5-7,17H,3-4H2,1-2H3,(H,15,18)(H3,14,16,19). The van der Waals surface area contributed by atoms with Crippen LogP contribution in [0.15, 0.2) is 0 Å². The summed E-state index contributed by atoms with van der Waals surface area (Å²) in [7, 11) is 0. The van der Waals surface area contributed by atoms with Crippen molar-refractivity contribution in [2.24, 2.45) is 11.7 Å². The van der Waals surface area contributed by atoms with E-state index in [1.807, 2.05) is 5.32 Å². The number of carbonyl (C=O) groups excluding carboxylic acids is 2. The minimum atomic E-state index is -4.81. The van der Waals surface area contributed by atoms with Gasteiger partial charge in [0.25, 0.3) is 0 Å². The molecule has 3 unspecified atom stereocenters. The van der Waals surface area contributed by atoms with Gasteiger partial charge >= 0.3 is 12.2 Å². The van der Waals surface area contributed by atoms with Gasteiger partial charge in [0.2, 0.25) is 5.91 Å². The van der Waals surface area contributed by atoms with E-state index in [1.54, 1.807) is 13.8 Å². The first-order valence-electron chi connectivity index (χ1n) is 5.68. The maximum atomic E-state index is 12.0.